The maximum absolute atomic E-state index is 12.3. The van der Waals surface area contributed by atoms with Crippen LogP contribution in [0, 0.1) is 5.92 Å². The first-order valence-corrected chi connectivity index (χ1v) is 8.10. The minimum absolute atomic E-state index is 0.0623. The molecule has 1 saturated carbocycles. The molecule has 1 aromatic heterocycles. The largest absolute Gasteiger partial charge is 0.355 e. The van der Waals surface area contributed by atoms with Crippen LogP contribution in [-0.4, -0.2) is 22.6 Å². The van der Waals surface area contributed by atoms with Gasteiger partial charge >= 0.3 is 0 Å². The van der Waals surface area contributed by atoms with Crippen LogP contribution in [0.4, 0.5) is 0 Å². The van der Waals surface area contributed by atoms with Gasteiger partial charge in [-0.25, -0.2) is 0 Å². The summed E-state index contributed by atoms with van der Waals surface area (Å²) in [6, 6.07) is 10.1. The van der Waals surface area contributed by atoms with Crippen molar-refractivity contribution in [1.82, 2.24) is 15.5 Å². The van der Waals surface area contributed by atoms with Crippen LogP contribution in [0.15, 0.2) is 40.4 Å². The predicted molar refractivity (Wildman–Crippen MR) is 85.5 cm³/mol. The van der Waals surface area contributed by atoms with E-state index in [1.165, 1.54) is 0 Å². The molecule has 0 radical (unpaired) electrons. The third-order valence-electron chi connectivity index (χ3n) is 4.47. The van der Waals surface area contributed by atoms with Gasteiger partial charge in [-0.15, -0.1) is 0 Å². The van der Waals surface area contributed by atoms with Gasteiger partial charge in [-0.05, 0) is 30.9 Å². The molecule has 1 amide bonds. The second-order valence-corrected chi connectivity index (χ2v) is 6.26. The van der Waals surface area contributed by atoms with Gasteiger partial charge in [0, 0.05) is 18.9 Å². The van der Waals surface area contributed by atoms with Gasteiger partial charge in [-0.1, -0.05) is 41.1 Å². The molecule has 2 aromatic rings. The summed E-state index contributed by atoms with van der Waals surface area (Å²) < 4.78 is 5.22. The average Bonchev–Trinajstić information content (AvgIpc) is 3.47. The van der Waals surface area contributed by atoms with Gasteiger partial charge in [-0.2, -0.15) is 4.98 Å². The van der Waals surface area contributed by atoms with Crippen molar-refractivity contribution in [1.29, 1.82) is 0 Å². The Bertz CT molecular complexity index is 760. The first-order valence-electron chi connectivity index (χ1n) is 8.10. The smallest absolute Gasteiger partial charge is 0.231 e. The minimum atomic E-state index is -0.0790. The molecule has 0 aliphatic heterocycles. The van der Waals surface area contributed by atoms with E-state index in [0.29, 0.717) is 24.7 Å². The van der Waals surface area contributed by atoms with Crippen molar-refractivity contribution in [2.24, 2.45) is 5.92 Å². The third kappa shape index (κ3) is 2.91. The van der Waals surface area contributed by atoms with Crippen LogP contribution >= 0.6 is 0 Å². The van der Waals surface area contributed by atoms with Crippen LogP contribution in [0.1, 0.15) is 43.0 Å². The standard InChI is InChI=1S/C18H19N3O2/c1-11-15(12-5-3-2-4-6-12)16(11)17(22)19-10-9-14-20-18(23-21-14)13-7-8-13/h2-6,13,16H,7-10H2,1H3,(H,19,22)/t16-/m0/s1. The molecule has 0 bridgehead atoms. The maximum Gasteiger partial charge on any atom is 0.231 e. The molecule has 0 unspecified atom stereocenters. The molecule has 0 saturated heterocycles. The molecule has 5 heteroatoms. The maximum atomic E-state index is 12.3. The van der Waals surface area contributed by atoms with Gasteiger partial charge in [0.05, 0.1) is 5.92 Å². The Kier molecular flexibility index (Phi) is 3.48. The number of benzene rings is 1. The summed E-state index contributed by atoms with van der Waals surface area (Å²) in [7, 11) is 0. The van der Waals surface area contributed by atoms with Crippen LogP contribution < -0.4 is 5.32 Å². The summed E-state index contributed by atoms with van der Waals surface area (Å²) >= 11 is 0. The first-order chi connectivity index (χ1) is 11.2. The molecule has 4 rings (SSSR count). The van der Waals surface area contributed by atoms with Crippen molar-refractivity contribution in [3.63, 3.8) is 0 Å². The Morgan fingerprint density at radius 1 is 1.30 bits per heavy atom. The number of nitrogens with one attached hydrogen (secondary N) is 1. The Morgan fingerprint density at radius 3 is 2.83 bits per heavy atom. The van der Waals surface area contributed by atoms with Crippen LogP contribution in [0.25, 0.3) is 5.57 Å². The van der Waals surface area contributed by atoms with Gasteiger partial charge in [0.2, 0.25) is 11.8 Å². The van der Waals surface area contributed by atoms with Gasteiger partial charge in [0.15, 0.2) is 5.82 Å². The molecule has 1 N–H and O–H groups in total. The molecule has 0 spiro atoms. The lowest BCUT2D eigenvalue weighted by Gasteiger charge is -2.04. The van der Waals surface area contributed by atoms with Crippen molar-refractivity contribution < 1.29 is 9.32 Å². The Hall–Kier alpha value is -2.43. The topological polar surface area (TPSA) is 68.0 Å². The first kappa shape index (κ1) is 14.2. The SMILES string of the molecule is CC1=C(c2ccccc2)[C@H]1C(=O)NCCc1noc(C2CC2)n1. The van der Waals surface area contributed by atoms with E-state index >= 15 is 0 Å². The van der Waals surface area contributed by atoms with Crippen molar-refractivity contribution in [2.75, 3.05) is 6.54 Å². The molecule has 1 atom stereocenters. The molecular formula is C18H19N3O2. The fraction of sp³-hybridized carbons (Fsp3) is 0.389. The summed E-state index contributed by atoms with van der Waals surface area (Å²) in [5.74, 6) is 1.88. The molecule has 23 heavy (non-hydrogen) atoms. The van der Waals surface area contributed by atoms with Gasteiger partial charge in [0.25, 0.3) is 0 Å². The molecule has 118 valence electrons. The summed E-state index contributed by atoms with van der Waals surface area (Å²) in [6.45, 7) is 2.56. The van der Waals surface area contributed by atoms with Crippen LogP contribution in [0.5, 0.6) is 0 Å². The van der Waals surface area contributed by atoms with Gasteiger partial charge in [-0.3, -0.25) is 4.79 Å². The lowest BCUT2D eigenvalue weighted by molar-refractivity contribution is -0.121. The molecule has 1 fully saturated rings. The summed E-state index contributed by atoms with van der Waals surface area (Å²) in [4.78, 5) is 16.7. The van der Waals surface area contributed by atoms with E-state index in [-0.39, 0.29) is 11.8 Å². The molecule has 2 aliphatic rings. The van der Waals surface area contributed by atoms with Crippen molar-refractivity contribution >= 4 is 11.5 Å². The Balaban J connectivity index is 1.28. The zero-order chi connectivity index (χ0) is 15.8. The van der Waals surface area contributed by atoms with Crippen LogP contribution in [-0.2, 0) is 11.2 Å². The Labute approximate surface area is 134 Å². The van der Waals surface area contributed by atoms with Crippen molar-refractivity contribution in [3.05, 3.63) is 53.2 Å². The molecule has 2 aliphatic carbocycles. The zero-order valence-electron chi connectivity index (χ0n) is 13.1. The fourth-order valence-corrected chi connectivity index (χ4v) is 2.93. The van der Waals surface area contributed by atoms with Crippen LogP contribution in [0.3, 0.4) is 0 Å². The zero-order valence-corrected chi connectivity index (χ0v) is 13.1. The number of hydrogen-bond donors (Lipinski definition) is 1. The highest BCUT2D eigenvalue weighted by atomic mass is 16.5. The van der Waals surface area contributed by atoms with E-state index in [1.807, 2.05) is 37.3 Å². The molecular weight excluding hydrogens is 290 g/mol. The van der Waals surface area contributed by atoms with Gasteiger partial charge in [0.1, 0.15) is 0 Å². The monoisotopic (exact) mass is 309 g/mol. The summed E-state index contributed by atoms with van der Waals surface area (Å²) in [6.07, 6.45) is 2.90. The van der Waals surface area contributed by atoms with Crippen molar-refractivity contribution in [2.45, 2.75) is 32.1 Å². The van der Waals surface area contributed by atoms with Gasteiger partial charge < -0.3 is 9.84 Å². The number of carbonyl (C=O) groups excluding carboxylic acids is 1. The minimum Gasteiger partial charge on any atom is -0.355 e. The molecule has 5 nitrogen and oxygen atoms in total. The number of rotatable bonds is 6. The highest BCUT2D eigenvalue weighted by molar-refractivity contribution is 6.05. The summed E-state index contributed by atoms with van der Waals surface area (Å²) in [5, 5.41) is 6.94. The molecule has 1 aromatic carbocycles. The van der Waals surface area contributed by atoms with E-state index in [9.17, 15) is 4.79 Å². The van der Waals surface area contributed by atoms with E-state index in [4.69, 9.17) is 4.52 Å². The second kappa shape index (κ2) is 5.65. The molecule has 1 heterocycles. The predicted octanol–water partition coefficient (Wildman–Crippen LogP) is 2.71. The van der Waals surface area contributed by atoms with E-state index in [1.54, 1.807) is 0 Å². The lowest BCUT2D eigenvalue weighted by Crippen LogP contribution is -2.28. The van der Waals surface area contributed by atoms with E-state index in [2.05, 4.69) is 15.5 Å². The number of amides is 1. The number of hydrogen-bond acceptors (Lipinski definition) is 4. The average molecular weight is 309 g/mol. The quantitative estimate of drug-likeness (QED) is 0.891. The number of aromatic nitrogens is 2. The fourth-order valence-electron chi connectivity index (χ4n) is 2.93. The number of nitrogens with zero attached hydrogens (tertiary/aromatic N) is 2. The highest BCUT2D eigenvalue weighted by Crippen LogP contribution is 2.46. The summed E-state index contributed by atoms with van der Waals surface area (Å²) in [5.41, 5.74) is 3.44. The van der Waals surface area contributed by atoms with E-state index < -0.39 is 0 Å². The highest BCUT2D eigenvalue weighted by Gasteiger charge is 2.39. The van der Waals surface area contributed by atoms with Crippen LogP contribution in [0.2, 0.25) is 0 Å². The number of carbonyl (C=O) groups is 1. The Morgan fingerprint density at radius 2 is 2.09 bits per heavy atom. The third-order valence-corrected chi connectivity index (χ3v) is 4.47. The normalized spacial score (nSPS) is 19.8. The van der Waals surface area contributed by atoms with Crippen molar-refractivity contribution in [3.8, 4) is 0 Å². The lowest BCUT2D eigenvalue weighted by atomic mass is 10.1. The van der Waals surface area contributed by atoms with E-state index in [0.717, 1.165) is 35.4 Å². The second-order valence-electron chi connectivity index (χ2n) is 6.26.